The van der Waals surface area contributed by atoms with E-state index < -0.39 is 15.8 Å². The number of benzene rings is 3. The van der Waals surface area contributed by atoms with Crippen LogP contribution in [0.1, 0.15) is 21.5 Å². The summed E-state index contributed by atoms with van der Waals surface area (Å²) < 4.78 is 40.0. The molecule has 3 rings (SSSR count). The molecule has 5 nitrogen and oxygen atoms in total. The highest BCUT2D eigenvalue weighted by Gasteiger charge is 2.15. The van der Waals surface area contributed by atoms with Gasteiger partial charge in [-0.05, 0) is 79.6 Å². The van der Waals surface area contributed by atoms with Gasteiger partial charge in [0.25, 0.3) is 15.9 Å². The molecule has 3 aromatic rings. The second-order valence-electron chi connectivity index (χ2n) is 6.34. The van der Waals surface area contributed by atoms with Crippen LogP contribution in [0.2, 0.25) is 0 Å². The number of carbonyl (C=O) groups is 1. The second-order valence-corrected chi connectivity index (χ2v) is 8.02. The van der Waals surface area contributed by atoms with Crippen molar-refractivity contribution in [2.45, 2.75) is 18.7 Å². The lowest BCUT2D eigenvalue weighted by Gasteiger charge is -2.11. The highest BCUT2D eigenvalue weighted by molar-refractivity contribution is 7.92. The minimum Gasteiger partial charge on any atom is -0.322 e. The smallest absolute Gasteiger partial charge is 0.261 e. The van der Waals surface area contributed by atoms with Gasteiger partial charge in [-0.15, -0.1) is 0 Å². The van der Waals surface area contributed by atoms with E-state index in [9.17, 15) is 17.6 Å². The van der Waals surface area contributed by atoms with Gasteiger partial charge >= 0.3 is 0 Å². The first kappa shape index (κ1) is 19.6. The van der Waals surface area contributed by atoms with Gasteiger partial charge in [0, 0.05) is 16.9 Å². The summed E-state index contributed by atoms with van der Waals surface area (Å²) in [5.74, 6) is -0.806. The average Bonchev–Trinajstić information content (AvgIpc) is 2.66. The standard InChI is InChI=1S/C21H19FN2O3S/c1-14-4-3-5-20(15(14)2)23-21(25)16-6-10-18(11-7-16)24-28(26,27)19-12-8-17(22)9-13-19/h3-13,24H,1-2H3,(H,23,25). The summed E-state index contributed by atoms with van der Waals surface area (Å²) >= 11 is 0. The molecule has 0 aliphatic heterocycles. The molecule has 0 aromatic heterocycles. The molecule has 0 atom stereocenters. The fourth-order valence-corrected chi connectivity index (χ4v) is 3.66. The summed E-state index contributed by atoms with van der Waals surface area (Å²) in [6, 6.07) is 16.2. The van der Waals surface area contributed by atoms with E-state index in [1.807, 2.05) is 32.0 Å². The van der Waals surface area contributed by atoms with Gasteiger partial charge < -0.3 is 5.32 Å². The third kappa shape index (κ3) is 4.37. The van der Waals surface area contributed by atoms with Crippen molar-refractivity contribution >= 4 is 27.3 Å². The van der Waals surface area contributed by atoms with Crippen LogP contribution in [0.15, 0.2) is 71.6 Å². The molecule has 144 valence electrons. The number of hydrogen-bond donors (Lipinski definition) is 2. The second kappa shape index (κ2) is 7.82. The van der Waals surface area contributed by atoms with E-state index in [4.69, 9.17) is 0 Å². The summed E-state index contributed by atoms with van der Waals surface area (Å²) in [6.07, 6.45) is 0. The normalized spacial score (nSPS) is 11.1. The highest BCUT2D eigenvalue weighted by atomic mass is 32.2. The highest BCUT2D eigenvalue weighted by Crippen LogP contribution is 2.20. The van der Waals surface area contributed by atoms with Crippen molar-refractivity contribution in [2.75, 3.05) is 10.0 Å². The molecular weight excluding hydrogens is 379 g/mol. The van der Waals surface area contributed by atoms with Gasteiger partial charge in [0.05, 0.1) is 4.90 Å². The predicted molar refractivity (Wildman–Crippen MR) is 108 cm³/mol. The quantitative estimate of drug-likeness (QED) is 0.665. The predicted octanol–water partition coefficient (Wildman–Crippen LogP) is 4.50. The van der Waals surface area contributed by atoms with Crippen molar-refractivity contribution in [1.29, 1.82) is 0 Å². The zero-order valence-corrected chi connectivity index (χ0v) is 16.2. The molecule has 0 aliphatic carbocycles. The SMILES string of the molecule is Cc1cccc(NC(=O)c2ccc(NS(=O)(=O)c3ccc(F)cc3)cc2)c1C. The summed E-state index contributed by atoms with van der Waals surface area (Å²) in [4.78, 5) is 12.4. The van der Waals surface area contributed by atoms with Crippen LogP contribution in [0, 0.1) is 19.7 Å². The first-order valence-corrected chi connectivity index (χ1v) is 10.0. The molecule has 7 heteroatoms. The molecule has 28 heavy (non-hydrogen) atoms. The van der Waals surface area contributed by atoms with Crippen LogP contribution < -0.4 is 10.0 Å². The van der Waals surface area contributed by atoms with Crippen LogP contribution in [-0.2, 0) is 10.0 Å². The summed E-state index contributed by atoms with van der Waals surface area (Å²) in [5, 5.41) is 2.85. The number of hydrogen-bond acceptors (Lipinski definition) is 3. The molecule has 1 amide bonds. The van der Waals surface area contributed by atoms with Gasteiger partial charge in [-0.2, -0.15) is 0 Å². The Morgan fingerprint density at radius 2 is 1.54 bits per heavy atom. The summed E-state index contributed by atoms with van der Waals surface area (Å²) in [6.45, 7) is 3.89. The Kier molecular flexibility index (Phi) is 5.46. The van der Waals surface area contributed by atoms with Crippen molar-refractivity contribution in [1.82, 2.24) is 0 Å². The van der Waals surface area contributed by atoms with Gasteiger partial charge in [0.1, 0.15) is 5.82 Å². The number of sulfonamides is 1. The van der Waals surface area contributed by atoms with Crippen LogP contribution in [0.25, 0.3) is 0 Å². The minimum atomic E-state index is -3.84. The van der Waals surface area contributed by atoms with E-state index in [2.05, 4.69) is 10.0 Å². The van der Waals surface area contributed by atoms with Gasteiger partial charge in [-0.1, -0.05) is 12.1 Å². The molecule has 0 radical (unpaired) electrons. The van der Waals surface area contributed by atoms with Gasteiger partial charge in [0.15, 0.2) is 0 Å². The van der Waals surface area contributed by atoms with Crippen LogP contribution in [-0.4, -0.2) is 14.3 Å². The molecule has 0 aliphatic rings. The number of rotatable bonds is 5. The fourth-order valence-electron chi connectivity index (χ4n) is 2.60. The van der Waals surface area contributed by atoms with Crippen molar-refractivity contribution < 1.29 is 17.6 Å². The van der Waals surface area contributed by atoms with Crippen molar-refractivity contribution in [2.24, 2.45) is 0 Å². The number of anilines is 2. The monoisotopic (exact) mass is 398 g/mol. The molecule has 0 saturated heterocycles. The molecule has 0 unspecified atom stereocenters. The first-order valence-electron chi connectivity index (χ1n) is 8.52. The lowest BCUT2D eigenvalue weighted by atomic mass is 10.1. The Hall–Kier alpha value is -3.19. The van der Waals surface area contributed by atoms with Gasteiger partial charge in [-0.3, -0.25) is 9.52 Å². The Bertz CT molecular complexity index is 1110. The fraction of sp³-hybridized carbons (Fsp3) is 0.0952. The zero-order chi connectivity index (χ0) is 20.3. The summed E-state index contributed by atoms with van der Waals surface area (Å²) in [7, 11) is -3.84. The van der Waals surface area contributed by atoms with Gasteiger partial charge in [0.2, 0.25) is 0 Å². The third-order valence-corrected chi connectivity index (χ3v) is 5.77. The maximum Gasteiger partial charge on any atom is 0.261 e. The molecule has 0 heterocycles. The van der Waals surface area contributed by atoms with Crippen molar-refractivity contribution in [3.05, 3.63) is 89.2 Å². The Labute approximate surface area is 163 Å². The number of aryl methyl sites for hydroxylation is 1. The van der Waals surface area contributed by atoms with Crippen molar-refractivity contribution in [3.8, 4) is 0 Å². The molecule has 0 saturated carbocycles. The molecule has 0 bridgehead atoms. The average molecular weight is 398 g/mol. The molecular formula is C21H19FN2O3S. The maximum absolute atomic E-state index is 13.0. The zero-order valence-electron chi connectivity index (χ0n) is 15.4. The van der Waals surface area contributed by atoms with E-state index >= 15 is 0 Å². The summed E-state index contributed by atoms with van der Waals surface area (Å²) in [5.41, 5.74) is 3.48. The molecule has 3 aromatic carbocycles. The lowest BCUT2D eigenvalue weighted by Crippen LogP contribution is -2.14. The molecule has 2 N–H and O–H groups in total. The van der Waals surface area contributed by atoms with E-state index in [-0.39, 0.29) is 10.8 Å². The number of nitrogens with one attached hydrogen (secondary N) is 2. The Morgan fingerprint density at radius 1 is 0.893 bits per heavy atom. The Balaban J connectivity index is 1.73. The Morgan fingerprint density at radius 3 is 2.18 bits per heavy atom. The number of carbonyl (C=O) groups excluding carboxylic acids is 1. The van der Waals surface area contributed by atoms with Gasteiger partial charge in [-0.25, -0.2) is 12.8 Å². The van der Waals surface area contributed by atoms with E-state index in [0.717, 1.165) is 28.9 Å². The lowest BCUT2D eigenvalue weighted by molar-refractivity contribution is 0.102. The molecule has 0 fully saturated rings. The maximum atomic E-state index is 13.0. The van der Waals surface area contributed by atoms with Crippen LogP contribution in [0.4, 0.5) is 15.8 Å². The molecule has 0 spiro atoms. The van der Waals surface area contributed by atoms with E-state index in [1.54, 1.807) is 0 Å². The van der Waals surface area contributed by atoms with Crippen LogP contribution in [0.5, 0.6) is 0 Å². The van der Waals surface area contributed by atoms with E-state index in [1.165, 1.54) is 36.4 Å². The van der Waals surface area contributed by atoms with Crippen molar-refractivity contribution in [3.63, 3.8) is 0 Å². The largest absolute Gasteiger partial charge is 0.322 e. The van der Waals surface area contributed by atoms with Crippen LogP contribution >= 0.6 is 0 Å². The topological polar surface area (TPSA) is 75.3 Å². The minimum absolute atomic E-state index is 0.0503. The number of halogens is 1. The van der Waals surface area contributed by atoms with Crippen LogP contribution in [0.3, 0.4) is 0 Å². The van der Waals surface area contributed by atoms with E-state index in [0.29, 0.717) is 11.3 Å². The first-order chi connectivity index (χ1) is 13.3. The third-order valence-electron chi connectivity index (χ3n) is 4.38. The number of amides is 1.